The van der Waals surface area contributed by atoms with Crippen LogP contribution in [0.5, 0.6) is 5.75 Å². The predicted octanol–water partition coefficient (Wildman–Crippen LogP) is 2.98. The minimum atomic E-state index is -0.174. The smallest absolute Gasteiger partial charge is 0.409 e. The lowest BCUT2D eigenvalue weighted by atomic mass is 9.91. The molecule has 2 aliphatic rings. The Bertz CT molecular complexity index is 573. The largest absolute Gasteiger partial charge is 0.506 e. The zero-order valence-corrected chi connectivity index (χ0v) is 15.1. The van der Waals surface area contributed by atoms with Crippen LogP contribution < -0.4 is 0 Å². The average Bonchev–Trinajstić information content (AvgIpc) is 2.89. The summed E-state index contributed by atoms with van der Waals surface area (Å²) in [7, 11) is 0. The molecular weight excluding hydrogens is 318 g/mol. The second-order valence-corrected chi connectivity index (χ2v) is 6.99. The summed E-state index contributed by atoms with van der Waals surface area (Å²) in [5, 5.41) is 10.0. The van der Waals surface area contributed by atoms with Crippen LogP contribution in [0.2, 0.25) is 0 Å². The van der Waals surface area contributed by atoms with Gasteiger partial charge in [-0.15, -0.1) is 0 Å². The molecule has 0 bridgehead atoms. The minimum absolute atomic E-state index is 0.174. The van der Waals surface area contributed by atoms with Crippen LogP contribution in [-0.4, -0.2) is 64.8 Å². The molecule has 1 aromatic heterocycles. The number of aromatic hydroxyl groups is 1. The summed E-state index contributed by atoms with van der Waals surface area (Å²) in [6, 6.07) is 4.04. The molecule has 0 spiro atoms. The van der Waals surface area contributed by atoms with E-state index in [1.54, 1.807) is 18.3 Å². The highest BCUT2D eigenvalue weighted by Gasteiger charge is 2.30. The van der Waals surface area contributed by atoms with Crippen LogP contribution in [0.4, 0.5) is 4.79 Å². The van der Waals surface area contributed by atoms with Crippen molar-refractivity contribution < 1.29 is 14.6 Å². The van der Waals surface area contributed by atoms with Crippen molar-refractivity contribution in [1.82, 2.24) is 14.8 Å². The first kappa shape index (κ1) is 18.0. The molecule has 1 aromatic rings. The van der Waals surface area contributed by atoms with Crippen molar-refractivity contribution in [2.75, 3.05) is 32.8 Å². The number of hydrogen-bond acceptors (Lipinski definition) is 5. The monoisotopic (exact) mass is 347 g/mol. The molecule has 0 aliphatic carbocycles. The Hall–Kier alpha value is -1.82. The molecule has 0 aromatic carbocycles. The van der Waals surface area contributed by atoms with Crippen molar-refractivity contribution in [3.63, 3.8) is 0 Å². The standard InChI is InChI=1S/C19H29N3O3/c1-2-25-19(24)22-11-4-5-16(9-14-22)21-12-7-15(8-13-21)18-17(23)6-3-10-20-18/h3,6,10,15-16,23H,2,4-5,7-9,11-14H2,1H3. The SMILES string of the molecule is CCOC(=O)N1CCCC(N2CCC(c3ncccc3O)CC2)CC1. The fraction of sp³-hybridized carbons (Fsp3) is 0.684. The highest BCUT2D eigenvalue weighted by molar-refractivity contribution is 5.67. The van der Waals surface area contributed by atoms with Gasteiger partial charge in [-0.1, -0.05) is 0 Å². The Kier molecular flexibility index (Phi) is 6.13. The van der Waals surface area contributed by atoms with E-state index in [1.165, 1.54) is 0 Å². The van der Waals surface area contributed by atoms with E-state index in [0.29, 0.717) is 24.3 Å². The van der Waals surface area contributed by atoms with Gasteiger partial charge in [0.1, 0.15) is 5.75 Å². The first-order chi connectivity index (χ1) is 12.2. The summed E-state index contributed by atoms with van der Waals surface area (Å²) in [4.78, 5) is 20.7. The van der Waals surface area contributed by atoms with Gasteiger partial charge in [0.15, 0.2) is 0 Å². The third kappa shape index (κ3) is 4.42. The molecule has 2 fully saturated rings. The molecule has 1 atom stereocenters. The fourth-order valence-electron chi connectivity index (χ4n) is 4.10. The van der Waals surface area contributed by atoms with E-state index in [4.69, 9.17) is 4.74 Å². The molecule has 138 valence electrons. The number of carbonyl (C=O) groups excluding carboxylic acids is 1. The van der Waals surface area contributed by atoms with Crippen LogP contribution in [0.3, 0.4) is 0 Å². The second kappa shape index (κ2) is 8.52. The number of nitrogens with zero attached hydrogens (tertiary/aromatic N) is 3. The van der Waals surface area contributed by atoms with Gasteiger partial charge in [-0.3, -0.25) is 4.98 Å². The number of piperidine rings is 1. The lowest BCUT2D eigenvalue weighted by Gasteiger charge is -2.37. The summed E-state index contributed by atoms with van der Waals surface area (Å²) < 4.78 is 5.13. The van der Waals surface area contributed by atoms with Gasteiger partial charge in [0, 0.05) is 31.2 Å². The highest BCUT2D eigenvalue weighted by atomic mass is 16.6. The van der Waals surface area contributed by atoms with Crippen LogP contribution in [-0.2, 0) is 4.74 Å². The van der Waals surface area contributed by atoms with Gasteiger partial charge in [-0.2, -0.15) is 0 Å². The molecule has 0 saturated carbocycles. The Morgan fingerprint density at radius 1 is 1.24 bits per heavy atom. The zero-order chi connectivity index (χ0) is 17.6. The quantitative estimate of drug-likeness (QED) is 0.910. The van der Waals surface area contributed by atoms with Crippen molar-refractivity contribution in [2.24, 2.45) is 0 Å². The predicted molar refractivity (Wildman–Crippen MR) is 95.7 cm³/mol. The van der Waals surface area contributed by atoms with E-state index in [2.05, 4.69) is 9.88 Å². The van der Waals surface area contributed by atoms with Crippen LogP contribution in [0.25, 0.3) is 0 Å². The fourth-order valence-corrected chi connectivity index (χ4v) is 4.10. The Balaban J connectivity index is 1.51. The molecular formula is C19H29N3O3. The normalized spacial score (nSPS) is 23.2. The maximum absolute atomic E-state index is 11.9. The molecule has 3 heterocycles. The molecule has 1 amide bonds. The molecule has 2 saturated heterocycles. The molecule has 6 heteroatoms. The molecule has 0 radical (unpaired) electrons. The summed E-state index contributed by atoms with van der Waals surface area (Å²) in [5.41, 5.74) is 0.844. The number of amides is 1. The molecule has 1 N–H and O–H groups in total. The topological polar surface area (TPSA) is 65.9 Å². The Morgan fingerprint density at radius 3 is 2.76 bits per heavy atom. The van der Waals surface area contributed by atoms with Crippen LogP contribution >= 0.6 is 0 Å². The maximum Gasteiger partial charge on any atom is 0.409 e. The number of pyridine rings is 1. The molecule has 25 heavy (non-hydrogen) atoms. The molecule has 1 unspecified atom stereocenters. The van der Waals surface area contributed by atoms with Gasteiger partial charge < -0.3 is 19.6 Å². The number of carbonyl (C=O) groups is 1. The van der Waals surface area contributed by atoms with E-state index < -0.39 is 0 Å². The maximum atomic E-state index is 11.9. The lowest BCUT2D eigenvalue weighted by molar-refractivity contribution is 0.105. The van der Waals surface area contributed by atoms with Gasteiger partial charge in [0.2, 0.25) is 0 Å². The summed E-state index contributed by atoms with van der Waals surface area (Å²) in [6.07, 6.45) is 6.83. The van der Waals surface area contributed by atoms with E-state index in [0.717, 1.165) is 64.0 Å². The Morgan fingerprint density at radius 2 is 2.04 bits per heavy atom. The molecule has 3 rings (SSSR count). The van der Waals surface area contributed by atoms with E-state index in [9.17, 15) is 9.90 Å². The first-order valence-corrected chi connectivity index (χ1v) is 9.48. The van der Waals surface area contributed by atoms with Gasteiger partial charge >= 0.3 is 6.09 Å². The van der Waals surface area contributed by atoms with E-state index >= 15 is 0 Å². The van der Waals surface area contributed by atoms with Crippen LogP contribution in [0.1, 0.15) is 50.6 Å². The number of rotatable bonds is 3. The molecule has 2 aliphatic heterocycles. The zero-order valence-electron chi connectivity index (χ0n) is 15.1. The van der Waals surface area contributed by atoms with Crippen molar-refractivity contribution in [1.29, 1.82) is 0 Å². The number of hydrogen-bond donors (Lipinski definition) is 1. The number of likely N-dealkylation sites (tertiary alicyclic amines) is 2. The highest BCUT2D eigenvalue weighted by Crippen LogP contribution is 2.33. The second-order valence-electron chi connectivity index (χ2n) is 6.99. The van der Waals surface area contributed by atoms with Crippen molar-refractivity contribution in [3.8, 4) is 5.75 Å². The Labute approximate surface area is 149 Å². The third-order valence-corrected chi connectivity index (χ3v) is 5.47. The third-order valence-electron chi connectivity index (χ3n) is 5.47. The molecule has 6 nitrogen and oxygen atoms in total. The minimum Gasteiger partial charge on any atom is -0.506 e. The van der Waals surface area contributed by atoms with Crippen molar-refractivity contribution >= 4 is 6.09 Å². The summed E-state index contributed by atoms with van der Waals surface area (Å²) in [6.45, 7) is 5.93. The van der Waals surface area contributed by atoms with Crippen molar-refractivity contribution in [3.05, 3.63) is 24.0 Å². The number of ether oxygens (including phenoxy) is 1. The lowest BCUT2D eigenvalue weighted by Crippen LogP contribution is -2.42. The summed E-state index contributed by atoms with van der Waals surface area (Å²) in [5.74, 6) is 0.666. The van der Waals surface area contributed by atoms with E-state index in [-0.39, 0.29) is 6.09 Å². The van der Waals surface area contributed by atoms with Gasteiger partial charge in [0.05, 0.1) is 12.3 Å². The van der Waals surface area contributed by atoms with Gasteiger partial charge in [-0.25, -0.2) is 4.79 Å². The van der Waals surface area contributed by atoms with Crippen LogP contribution in [0.15, 0.2) is 18.3 Å². The van der Waals surface area contributed by atoms with E-state index in [1.807, 2.05) is 11.8 Å². The summed E-state index contributed by atoms with van der Waals surface area (Å²) >= 11 is 0. The van der Waals surface area contributed by atoms with Crippen molar-refractivity contribution in [2.45, 2.75) is 51.0 Å². The number of aromatic nitrogens is 1. The average molecular weight is 347 g/mol. The first-order valence-electron chi connectivity index (χ1n) is 9.48. The van der Waals surface area contributed by atoms with Gasteiger partial charge in [-0.05, 0) is 64.3 Å². The van der Waals surface area contributed by atoms with Gasteiger partial charge in [0.25, 0.3) is 0 Å². The van der Waals surface area contributed by atoms with Crippen LogP contribution in [0, 0.1) is 0 Å².